The SMILES string of the molecule is CN1CCN(Cc2nc3c(C(=O)O)cccn3n2)CC1. The summed E-state index contributed by atoms with van der Waals surface area (Å²) >= 11 is 0. The number of piperazine rings is 1. The highest BCUT2D eigenvalue weighted by Gasteiger charge is 2.17. The fourth-order valence-electron chi connectivity index (χ4n) is 2.39. The molecule has 2 aromatic rings. The van der Waals surface area contributed by atoms with Gasteiger partial charge < -0.3 is 10.0 Å². The van der Waals surface area contributed by atoms with E-state index in [1.54, 1.807) is 18.3 Å². The average molecular weight is 275 g/mol. The van der Waals surface area contributed by atoms with Crippen LogP contribution in [0.15, 0.2) is 18.3 Å². The molecular formula is C13H17N5O2. The topological polar surface area (TPSA) is 74.0 Å². The van der Waals surface area contributed by atoms with Crippen molar-refractivity contribution in [3.8, 4) is 0 Å². The van der Waals surface area contributed by atoms with Gasteiger partial charge in [-0.05, 0) is 19.2 Å². The summed E-state index contributed by atoms with van der Waals surface area (Å²) in [5.41, 5.74) is 0.591. The van der Waals surface area contributed by atoms with E-state index in [2.05, 4.69) is 26.9 Å². The monoisotopic (exact) mass is 275 g/mol. The second-order valence-corrected chi connectivity index (χ2v) is 5.10. The summed E-state index contributed by atoms with van der Waals surface area (Å²) in [6.07, 6.45) is 1.72. The number of rotatable bonds is 3. The molecule has 0 radical (unpaired) electrons. The van der Waals surface area contributed by atoms with E-state index in [4.69, 9.17) is 5.11 Å². The molecule has 106 valence electrons. The molecule has 1 aliphatic rings. The van der Waals surface area contributed by atoms with Crippen LogP contribution in [0.25, 0.3) is 5.65 Å². The minimum absolute atomic E-state index is 0.185. The van der Waals surface area contributed by atoms with Crippen molar-refractivity contribution in [1.29, 1.82) is 0 Å². The maximum atomic E-state index is 11.2. The molecule has 0 unspecified atom stereocenters. The number of hydrogen-bond acceptors (Lipinski definition) is 5. The van der Waals surface area contributed by atoms with Gasteiger partial charge in [0.1, 0.15) is 5.56 Å². The van der Waals surface area contributed by atoms with Gasteiger partial charge in [0.15, 0.2) is 11.5 Å². The maximum absolute atomic E-state index is 11.2. The Hall–Kier alpha value is -1.99. The molecule has 1 aliphatic heterocycles. The molecule has 0 spiro atoms. The Balaban J connectivity index is 1.82. The number of hydrogen-bond donors (Lipinski definition) is 1. The van der Waals surface area contributed by atoms with E-state index < -0.39 is 5.97 Å². The number of carboxylic acids is 1. The number of likely N-dealkylation sites (N-methyl/N-ethyl adjacent to an activating group) is 1. The van der Waals surface area contributed by atoms with Crippen LogP contribution in [0, 0.1) is 0 Å². The molecule has 0 atom stereocenters. The third-order valence-corrected chi connectivity index (χ3v) is 3.60. The largest absolute Gasteiger partial charge is 0.478 e. The zero-order chi connectivity index (χ0) is 14.1. The van der Waals surface area contributed by atoms with Crippen LogP contribution < -0.4 is 0 Å². The molecule has 3 rings (SSSR count). The predicted molar refractivity (Wildman–Crippen MR) is 72.7 cm³/mol. The Kier molecular flexibility index (Phi) is 3.37. The van der Waals surface area contributed by atoms with Crippen molar-refractivity contribution < 1.29 is 9.90 Å². The molecular weight excluding hydrogens is 258 g/mol. The lowest BCUT2D eigenvalue weighted by atomic mass is 10.3. The van der Waals surface area contributed by atoms with Gasteiger partial charge in [-0.3, -0.25) is 4.90 Å². The third kappa shape index (κ3) is 2.50. The summed E-state index contributed by atoms with van der Waals surface area (Å²) < 4.78 is 1.54. The highest BCUT2D eigenvalue weighted by Crippen LogP contribution is 2.11. The van der Waals surface area contributed by atoms with E-state index in [0.717, 1.165) is 26.2 Å². The summed E-state index contributed by atoms with van der Waals surface area (Å²) in [5, 5.41) is 13.5. The van der Waals surface area contributed by atoms with Crippen LogP contribution in [0.1, 0.15) is 16.2 Å². The Labute approximate surface area is 116 Å². The van der Waals surface area contributed by atoms with E-state index in [1.807, 2.05) is 0 Å². The molecule has 7 nitrogen and oxygen atoms in total. The highest BCUT2D eigenvalue weighted by atomic mass is 16.4. The molecule has 0 amide bonds. The Morgan fingerprint density at radius 1 is 1.35 bits per heavy atom. The molecule has 7 heteroatoms. The molecule has 0 bridgehead atoms. The van der Waals surface area contributed by atoms with Crippen LogP contribution in [0.3, 0.4) is 0 Å². The quantitative estimate of drug-likeness (QED) is 0.861. The van der Waals surface area contributed by atoms with E-state index in [1.165, 1.54) is 4.52 Å². The van der Waals surface area contributed by atoms with Crippen molar-refractivity contribution in [3.05, 3.63) is 29.7 Å². The predicted octanol–water partition coefficient (Wildman–Crippen LogP) is 0.175. The minimum atomic E-state index is -0.978. The fourth-order valence-corrected chi connectivity index (χ4v) is 2.39. The lowest BCUT2D eigenvalue weighted by molar-refractivity contribution is 0.0698. The Morgan fingerprint density at radius 3 is 2.80 bits per heavy atom. The van der Waals surface area contributed by atoms with Gasteiger partial charge in [0.2, 0.25) is 0 Å². The number of nitrogens with zero attached hydrogens (tertiary/aromatic N) is 5. The molecule has 1 N–H and O–H groups in total. The van der Waals surface area contributed by atoms with E-state index >= 15 is 0 Å². The Morgan fingerprint density at radius 2 is 2.10 bits per heavy atom. The van der Waals surface area contributed by atoms with Crippen molar-refractivity contribution in [3.63, 3.8) is 0 Å². The molecule has 1 fully saturated rings. The van der Waals surface area contributed by atoms with Crippen LogP contribution in [-0.4, -0.2) is 68.7 Å². The molecule has 0 saturated carbocycles. The first-order valence-electron chi connectivity index (χ1n) is 6.62. The fraction of sp³-hybridized carbons (Fsp3) is 0.462. The van der Waals surface area contributed by atoms with Gasteiger partial charge in [-0.15, -0.1) is 5.10 Å². The van der Waals surface area contributed by atoms with Crippen molar-refractivity contribution in [1.82, 2.24) is 24.4 Å². The Bertz CT molecular complexity index is 631. The van der Waals surface area contributed by atoms with Crippen LogP contribution in [-0.2, 0) is 6.54 Å². The smallest absolute Gasteiger partial charge is 0.339 e. The van der Waals surface area contributed by atoms with Gasteiger partial charge in [0.25, 0.3) is 0 Å². The summed E-state index contributed by atoms with van der Waals surface area (Å²) in [7, 11) is 2.11. The van der Waals surface area contributed by atoms with Gasteiger partial charge in [-0.1, -0.05) is 0 Å². The third-order valence-electron chi connectivity index (χ3n) is 3.60. The lowest BCUT2D eigenvalue weighted by Gasteiger charge is -2.31. The van der Waals surface area contributed by atoms with Crippen molar-refractivity contribution in [2.45, 2.75) is 6.54 Å². The van der Waals surface area contributed by atoms with Gasteiger partial charge in [-0.2, -0.15) is 0 Å². The first-order valence-corrected chi connectivity index (χ1v) is 6.62. The normalized spacial score (nSPS) is 17.6. The van der Waals surface area contributed by atoms with Crippen molar-refractivity contribution in [2.75, 3.05) is 33.2 Å². The van der Waals surface area contributed by atoms with Crippen LogP contribution in [0.4, 0.5) is 0 Å². The highest BCUT2D eigenvalue weighted by molar-refractivity contribution is 5.94. The zero-order valence-electron chi connectivity index (χ0n) is 11.4. The van der Waals surface area contributed by atoms with E-state index in [9.17, 15) is 4.79 Å². The number of carbonyl (C=O) groups is 1. The molecule has 0 aliphatic carbocycles. The van der Waals surface area contributed by atoms with Gasteiger partial charge in [-0.25, -0.2) is 14.3 Å². The molecule has 1 saturated heterocycles. The van der Waals surface area contributed by atoms with Gasteiger partial charge in [0.05, 0.1) is 6.54 Å². The standard InChI is InChI=1S/C13H17N5O2/c1-16-5-7-17(8-6-16)9-11-14-12-10(13(19)20)3-2-4-18(12)15-11/h2-4H,5-9H2,1H3,(H,19,20). The zero-order valence-corrected chi connectivity index (χ0v) is 11.4. The maximum Gasteiger partial charge on any atom is 0.339 e. The average Bonchev–Trinajstić information content (AvgIpc) is 2.83. The van der Waals surface area contributed by atoms with E-state index in [0.29, 0.717) is 18.0 Å². The summed E-state index contributed by atoms with van der Waals surface area (Å²) in [5.74, 6) is -0.308. The number of aromatic carboxylic acids is 1. The number of fused-ring (bicyclic) bond motifs is 1. The lowest BCUT2D eigenvalue weighted by Crippen LogP contribution is -2.44. The van der Waals surface area contributed by atoms with Crippen LogP contribution in [0.5, 0.6) is 0 Å². The summed E-state index contributed by atoms with van der Waals surface area (Å²) in [6.45, 7) is 4.70. The van der Waals surface area contributed by atoms with Crippen LogP contribution in [0.2, 0.25) is 0 Å². The second-order valence-electron chi connectivity index (χ2n) is 5.10. The van der Waals surface area contributed by atoms with Crippen LogP contribution >= 0.6 is 0 Å². The van der Waals surface area contributed by atoms with Crippen molar-refractivity contribution >= 4 is 11.6 Å². The molecule has 20 heavy (non-hydrogen) atoms. The summed E-state index contributed by atoms with van der Waals surface area (Å²) in [6, 6.07) is 3.22. The van der Waals surface area contributed by atoms with Gasteiger partial charge in [0, 0.05) is 32.4 Å². The number of carboxylic acid groups (broad SMARTS) is 1. The first-order chi connectivity index (χ1) is 9.63. The van der Waals surface area contributed by atoms with Crippen molar-refractivity contribution in [2.24, 2.45) is 0 Å². The second kappa shape index (κ2) is 5.18. The number of pyridine rings is 1. The van der Waals surface area contributed by atoms with Gasteiger partial charge >= 0.3 is 5.97 Å². The van der Waals surface area contributed by atoms with E-state index in [-0.39, 0.29) is 5.56 Å². The minimum Gasteiger partial charge on any atom is -0.478 e. The molecule has 3 heterocycles. The molecule has 0 aromatic carbocycles. The summed E-state index contributed by atoms with van der Waals surface area (Å²) in [4.78, 5) is 20.1. The molecule has 2 aromatic heterocycles. The first kappa shape index (κ1) is 13.0. The number of aromatic nitrogens is 3.